The predicted molar refractivity (Wildman–Crippen MR) is 103 cm³/mol. The normalized spacial score (nSPS) is 23.2. The Balaban J connectivity index is 1.76. The molecule has 2 atom stereocenters. The van der Waals surface area contributed by atoms with Crippen LogP contribution in [0.5, 0.6) is 0 Å². The van der Waals surface area contributed by atoms with Gasteiger partial charge in [-0.1, -0.05) is 12.8 Å². The number of rotatable bonds is 4. The van der Waals surface area contributed by atoms with Crippen molar-refractivity contribution in [3.8, 4) is 0 Å². The summed E-state index contributed by atoms with van der Waals surface area (Å²) in [6.45, 7) is 2.20. The van der Waals surface area contributed by atoms with Gasteiger partial charge >= 0.3 is 0 Å². The highest BCUT2D eigenvalue weighted by Gasteiger charge is 2.35. The number of nitrogens with one attached hydrogen (secondary N) is 1. The number of amides is 2. The smallest absolute Gasteiger partial charge is 0.247 e. The molecule has 2 aliphatic heterocycles. The van der Waals surface area contributed by atoms with Gasteiger partial charge in [-0.25, -0.2) is 4.98 Å². The zero-order chi connectivity index (χ0) is 18.0. The molecule has 136 valence electrons. The van der Waals surface area contributed by atoms with Crippen LogP contribution >= 0.6 is 12.8 Å². The summed E-state index contributed by atoms with van der Waals surface area (Å²) in [6.07, 6.45) is 2.96. The van der Waals surface area contributed by atoms with E-state index in [2.05, 4.69) is 23.1 Å². The second kappa shape index (κ2) is 8.06. The summed E-state index contributed by atoms with van der Waals surface area (Å²) in [4.78, 5) is 32.2. The molecule has 25 heavy (non-hydrogen) atoms. The lowest BCUT2D eigenvalue weighted by Crippen LogP contribution is -2.50. The molecule has 0 radical (unpaired) electrons. The molecule has 8 nitrogen and oxygen atoms in total. The van der Waals surface area contributed by atoms with Crippen molar-refractivity contribution in [1.29, 1.82) is 0 Å². The molecule has 2 unspecified atom stereocenters. The third-order valence-corrected chi connectivity index (χ3v) is 6.38. The van der Waals surface area contributed by atoms with E-state index in [9.17, 15) is 14.1 Å². The maximum Gasteiger partial charge on any atom is 0.247 e. The highest BCUT2D eigenvalue weighted by atomic mass is 32.8. The van der Waals surface area contributed by atoms with Crippen LogP contribution in [0.4, 0.5) is 11.5 Å². The number of hydrogen-bond donors (Lipinski definition) is 3. The molecular formula is C14H19N5O3S3. The minimum atomic E-state index is -1.50. The molecule has 2 fully saturated rings. The van der Waals surface area contributed by atoms with Gasteiger partial charge in [0.25, 0.3) is 0 Å². The summed E-state index contributed by atoms with van der Waals surface area (Å²) >= 11 is 8.94. The third kappa shape index (κ3) is 4.01. The van der Waals surface area contributed by atoms with Crippen molar-refractivity contribution in [2.45, 2.75) is 18.9 Å². The third-order valence-electron chi connectivity index (χ3n) is 4.25. The number of piperazine rings is 1. The van der Waals surface area contributed by atoms with Gasteiger partial charge in [0, 0.05) is 19.6 Å². The number of hydrogen-bond acceptors (Lipinski definition) is 6. The van der Waals surface area contributed by atoms with Crippen LogP contribution in [-0.2, 0) is 30.7 Å². The quantitative estimate of drug-likeness (QED) is 0.618. The molecular weight excluding hydrogens is 382 g/mol. The summed E-state index contributed by atoms with van der Waals surface area (Å²) in [6, 6.07) is 2.96. The van der Waals surface area contributed by atoms with Gasteiger partial charge in [0.05, 0.1) is 28.4 Å². The van der Waals surface area contributed by atoms with E-state index >= 15 is 0 Å². The SMILES string of the molecule is O=C1CNCCN1c1ccc(N2CCCC(N(S)S(O)=S)C2=O)nc1. The van der Waals surface area contributed by atoms with Crippen LogP contribution in [0.1, 0.15) is 12.8 Å². The summed E-state index contributed by atoms with van der Waals surface area (Å²) in [7, 11) is -1.50. The summed E-state index contributed by atoms with van der Waals surface area (Å²) in [5.41, 5.74) is 0.717. The van der Waals surface area contributed by atoms with Crippen molar-refractivity contribution >= 4 is 57.2 Å². The number of aromatic nitrogens is 1. The molecule has 2 saturated heterocycles. The molecule has 11 heteroatoms. The van der Waals surface area contributed by atoms with E-state index < -0.39 is 16.0 Å². The number of thiol groups is 1. The standard InChI is InChI=1S/C14H19N5O3S3/c20-13-9-15-5-7-17(13)10-3-4-12(16-8-10)18-6-1-2-11(14(18)21)19(23)25(22)24/h3-4,8,11,15,23H,1-2,5-7,9H2,(H,22,24). The van der Waals surface area contributed by atoms with Crippen molar-refractivity contribution in [2.75, 3.05) is 36.0 Å². The number of carbonyl (C=O) groups excluding carboxylic acids is 2. The molecule has 0 aliphatic carbocycles. The van der Waals surface area contributed by atoms with Gasteiger partial charge < -0.3 is 14.8 Å². The first-order valence-electron chi connectivity index (χ1n) is 7.86. The molecule has 3 heterocycles. The first kappa shape index (κ1) is 18.7. The average Bonchev–Trinajstić information content (AvgIpc) is 2.62. The molecule has 1 aromatic rings. The zero-order valence-electron chi connectivity index (χ0n) is 13.4. The maximum atomic E-state index is 12.7. The van der Waals surface area contributed by atoms with Gasteiger partial charge in [-0.2, -0.15) is 3.71 Å². The Morgan fingerprint density at radius 1 is 1.36 bits per heavy atom. The number of nitrogens with zero attached hydrogens (tertiary/aromatic N) is 4. The molecule has 2 N–H and O–H groups in total. The van der Waals surface area contributed by atoms with Crippen molar-refractivity contribution in [3.63, 3.8) is 0 Å². The fourth-order valence-electron chi connectivity index (χ4n) is 2.97. The number of piperidine rings is 1. The topological polar surface area (TPSA) is 89.0 Å². The van der Waals surface area contributed by atoms with Crippen molar-refractivity contribution in [3.05, 3.63) is 18.3 Å². The number of carbonyl (C=O) groups is 2. The number of anilines is 2. The Hall–Kier alpha value is -1.11. The minimum Gasteiger partial charge on any atom is -0.315 e. The van der Waals surface area contributed by atoms with E-state index in [1.807, 2.05) is 0 Å². The zero-order valence-corrected chi connectivity index (χ0v) is 15.9. The van der Waals surface area contributed by atoms with E-state index in [0.717, 1.165) is 18.7 Å². The maximum absolute atomic E-state index is 12.7. The first-order chi connectivity index (χ1) is 12.0. The van der Waals surface area contributed by atoms with E-state index in [4.69, 9.17) is 11.2 Å². The Bertz CT molecular complexity index is 687. The lowest BCUT2D eigenvalue weighted by atomic mass is 10.1. The molecule has 3 rings (SSSR count). The largest absolute Gasteiger partial charge is 0.315 e. The van der Waals surface area contributed by atoms with Gasteiger partial charge in [-0.3, -0.25) is 14.5 Å². The summed E-state index contributed by atoms with van der Waals surface area (Å²) in [5, 5.41) is 3.02. The van der Waals surface area contributed by atoms with Crippen molar-refractivity contribution in [1.82, 2.24) is 14.0 Å². The van der Waals surface area contributed by atoms with E-state index in [0.29, 0.717) is 31.9 Å². The molecule has 0 aromatic carbocycles. The molecule has 2 aliphatic rings. The molecule has 0 spiro atoms. The highest BCUT2D eigenvalue weighted by molar-refractivity contribution is 8.27. The average molecular weight is 402 g/mol. The van der Waals surface area contributed by atoms with Crippen LogP contribution in [0, 0.1) is 0 Å². The summed E-state index contributed by atoms with van der Waals surface area (Å²) < 4.78 is 10.7. The first-order valence-corrected chi connectivity index (χ1v) is 10.3. The second-order valence-electron chi connectivity index (χ2n) is 5.78. The molecule has 2 amide bonds. The van der Waals surface area contributed by atoms with Crippen LogP contribution < -0.4 is 15.1 Å². The van der Waals surface area contributed by atoms with Gasteiger partial charge in [0.1, 0.15) is 11.9 Å². The van der Waals surface area contributed by atoms with Crippen LogP contribution in [0.25, 0.3) is 0 Å². The number of pyridine rings is 1. The second-order valence-corrected chi connectivity index (χ2v) is 8.23. The predicted octanol–water partition coefficient (Wildman–Crippen LogP) is 0.128. The summed E-state index contributed by atoms with van der Waals surface area (Å²) in [5.74, 6) is 0.335. The van der Waals surface area contributed by atoms with Crippen LogP contribution in [0.15, 0.2) is 18.3 Å². The van der Waals surface area contributed by atoms with Crippen LogP contribution in [-0.4, -0.2) is 57.3 Å². The Morgan fingerprint density at radius 3 is 2.80 bits per heavy atom. The van der Waals surface area contributed by atoms with Gasteiger partial charge in [-0.05, 0) is 36.2 Å². The fourth-order valence-corrected chi connectivity index (χ4v) is 3.91. The fraction of sp³-hybridized carbons (Fsp3) is 0.500. The minimum absolute atomic E-state index is 0.000976. The van der Waals surface area contributed by atoms with E-state index in [1.54, 1.807) is 28.1 Å². The van der Waals surface area contributed by atoms with Crippen molar-refractivity contribution < 1.29 is 14.1 Å². The Morgan fingerprint density at radius 2 is 2.16 bits per heavy atom. The lowest BCUT2D eigenvalue weighted by Gasteiger charge is -2.34. The van der Waals surface area contributed by atoms with Crippen LogP contribution in [0.2, 0.25) is 0 Å². The lowest BCUT2D eigenvalue weighted by molar-refractivity contribution is -0.122. The molecule has 0 bridgehead atoms. The molecule has 0 saturated carbocycles. The van der Waals surface area contributed by atoms with Gasteiger partial charge in [0.2, 0.25) is 11.8 Å². The van der Waals surface area contributed by atoms with E-state index in [1.165, 1.54) is 3.71 Å². The monoisotopic (exact) mass is 401 g/mol. The van der Waals surface area contributed by atoms with Crippen LogP contribution in [0.3, 0.4) is 0 Å². The molecule has 1 aromatic heterocycles. The Labute approximate surface area is 158 Å². The highest BCUT2D eigenvalue weighted by Crippen LogP contribution is 2.25. The Kier molecular flexibility index (Phi) is 6.02. The van der Waals surface area contributed by atoms with Gasteiger partial charge in [-0.15, -0.1) is 0 Å². The van der Waals surface area contributed by atoms with Gasteiger partial charge in [0.15, 0.2) is 0 Å². The van der Waals surface area contributed by atoms with Crippen molar-refractivity contribution in [2.24, 2.45) is 0 Å². The van der Waals surface area contributed by atoms with E-state index in [-0.39, 0.29) is 11.8 Å².